The first-order valence-corrected chi connectivity index (χ1v) is 9.21. The molecule has 140 valence electrons. The number of nitrogens with zero attached hydrogens (tertiary/aromatic N) is 2. The zero-order valence-corrected chi connectivity index (χ0v) is 15.8. The van der Waals surface area contributed by atoms with Crippen LogP contribution < -0.4 is 15.4 Å². The van der Waals surface area contributed by atoms with Gasteiger partial charge >= 0.3 is 0 Å². The van der Waals surface area contributed by atoms with Crippen molar-refractivity contribution in [2.75, 3.05) is 33.9 Å². The lowest BCUT2D eigenvalue weighted by Gasteiger charge is -2.30. The molecule has 0 atom stereocenters. The van der Waals surface area contributed by atoms with E-state index in [1.54, 1.807) is 20.4 Å². The number of ether oxygens (including phenoxy) is 2. The predicted octanol–water partition coefficient (Wildman–Crippen LogP) is 2.74. The topological polar surface area (TPSA) is 67.8 Å². The maximum absolute atomic E-state index is 5.32. The van der Waals surface area contributed by atoms with Gasteiger partial charge in [-0.05, 0) is 43.2 Å². The van der Waals surface area contributed by atoms with Crippen molar-refractivity contribution in [3.8, 4) is 5.88 Å². The Kier molecular flexibility index (Phi) is 7.98. The number of hydrogen-bond acceptors (Lipinski definition) is 4. The fourth-order valence-electron chi connectivity index (χ4n) is 3.40. The van der Waals surface area contributed by atoms with Crippen LogP contribution in [0.15, 0.2) is 23.3 Å². The van der Waals surface area contributed by atoms with Crippen molar-refractivity contribution in [1.82, 2.24) is 15.6 Å². The van der Waals surface area contributed by atoms with Crippen LogP contribution in [-0.4, -0.2) is 44.9 Å². The second kappa shape index (κ2) is 10.2. The lowest BCUT2D eigenvalue weighted by molar-refractivity contribution is 0.138. The molecule has 0 saturated heterocycles. The summed E-state index contributed by atoms with van der Waals surface area (Å²) in [6, 6.07) is 3.89. The second-order valence-electron chi connectivity index (χ2n) is 6.71. The highest BCUT2D eigenvalue weighted by molar-refractivity contribution is 5.79. The maximum Gasteiger partial charge on any atom is 0.213 e. The Bertz CT molecular complexity index is 542. The summed E-state index contributed by atoms with van der Waals surface area (Å²) in [6.45, 7) is 5.30. The first-order valence-electron chi connectivity index (χ1n) is 9.21. The van der Waals surface area contributed by atoms with Crippen LogP contribution in [0.2, 0.25) is 0 Å². The summed E-state index contributed by atoms with van der Waals surface area (Å²) in [7, 11) is 3.41. The standard InChI is InChI=1S/C19H32N4O2/c1-4-20-18(22-14-16-7-11-21-17(13-16)25-3)23-15-19(10-12-24-2)8-5-6-9-19/h7,11,13H,4-6,8-10,12,14-15H2,1-3H3,(H2,20,22,23). The molecular formula is C19H32N4O2. The van der Waals surface area contributed by atoms with E-state index in [0.29, 0.717) is 17.8 Å². The largest absolute Gasteiger partial charge is 0.481 e. The van der Waals surface area contributed by atoms with E-state index >= 15 is 0 Å². The molecule has 1 aliphatic rings. The molecule has 1 aromatic rings. The van der Waals surface area contributed by atoms with Crippen LogP contribution >= 0.6 is 0 Å². The summed E-state index contributed by atoms with van der Waals surface area (Å²) in [5.74, 6) is 1.48. The lowest BCUT2D eigenvalue weighted by atomic mass is 9.83. The van der Waals surface area contributed by atoms with E-state index in [-0.39, 0.29) is 0 Å². The van der Waals surface area contributed by atoms with Crippen molar-refractivity contribution < 1.29 is 9.47 Å². The van der Waals surface area contributed by atoms with Gasteiger partial charge in [-0.3, -0.25) is 0 Å². The summed E-state index contributed by atoms with van der Waals surface area (Å²) in [5, 5.41) is 6.89. The molecule has 0 aliphatic heterocycles. The van der Waals surface area contributed by atoms with Crippen LogP contribution in [0.5, 0.6) is 5.88 Å². The van der Waals surface area contributed by atoms with Gasteiger partial charge in [0.2, 0.25) is 5.88 Å². The van der Waals surface area contributed by atoms with E-state index in [9.17, 15) is 0 Å². The van der Waals surface area contributed by atoms with Crippen LogP contribution in [-0.2, 0) is 11.3 Å². The molecule has 6 heteroatoms. The van der Waals surface area contributed by atoms with Gasteiger partial charge in [0, 0.05) is 39.1 Å². The Morgan fingerprint density at radius 1 is 1.28 bits per heavy atom. The summed E-state index contributed by atoms with van der Waals surface area (Å²) in [4.78, 5) is 8.85. The number of guanidine groups is 1. The molecular weight excluding hydrogens is 316 g/mol. The quantitative estimate of drug-likeness (QED) is 0.530. The van der Waals surface area contributed by atoms with Crippen LogP contribution in [0, 0.1) is 5.41 Å². The molecule has 0 spiro atoms. The monoisotopic (exact) mass is 348 g/mol. The number of aliphatic imine (C=N–C) groups is 1. The highest BCUT2D eigenvalue weighted by atomic mass is 16.5. The average molecular weight is 348 g/mol. The summed E-state index contributed by atoms with van der Waals surface area (Å²) >= 11 is 0. The van der Waals surface area contributed by atoms with Crippen LogP contribution in [0.3, 0.4) is 0 Å². The Balaban J connectivity index is 1.96. The van der Waals surface area contributed by atoms with Crippen LogP contribution in [0.1, 0.15) is 44.6 Å². The number of methoxy groups -OCH3 is 2. The molecule has 2 rings (SSSR count). The van der Waals surface area contributed by atoms with Crippen LogP contribution in [0.25, 0.3) is 0 Å². The van der Waals surface area contributed by atoms with Gasteiger partial charge in [-0.1, -0.05) is 12.8 Å². The van der Waals surface area contributed by atoms with Gasteiger partial charge in [-0.25, -0.2) is 9.98 Å². The summed E-state index contributed by atoms with van der Waals surface area (Å²) in [5.41, 5.74) is 1.42. The van der Waals surface area contributed by atoms with Crippen molar-refractivity contribution >= 4 is 5.96 Å². The maximum atomic E-state index is 5.32. The van der Waals surface area contributed by atoms with Gasteiger partial charge in [-0.15, -0.1) is 0 Å². The minimum atomic E-state index is 0.339. The van der Waals surface area contributed by atoms with Crippen molar-refractivity contribution in [1.29, 1.82) is 0 Å². The molecule has 0 radical (unpaired) electrons. The third kappa shape index (κ3) is 6.20. The van der Waals surface area contributed by atoms with Crippen molar-refractivity contribution in [2.45, 2.75) is 45.6 Å². The first-order chi connectivity index (χ1) is 12.2. The van der Waals surface area contributed by atoms with Gasteiger partial charge in [0.15, 0.2) is 5.96 Å². The molecule has 1 heterocycles. The molecule has 1 fully saturated rings. The molecule has 0 amide bonds. The third-order valence-electron chi connectivity index (χ3n) is 4.90. The molecule has 1 aromatic heterocycles. The Morgan fingerprint density at radius 3 is 2.76 bits per heavy atom. The molecule has 6 nitrogen and oxygen atoms in total. The Morgan fingerprint density at radius 2 is 2.08 bits per heavy atom. The fourth-order valence-corrected chi connectivity index (χ4v) is 3.40. The molecule has 2 N–H and O–H groups in total. The first kappa shape index (κ1) is 19.5. The average Bonchev–Trinajstić information content (AvgIpc) is 3.11. The van der Waals surface area contributed by atoms with Crippen molar-refractivity contribution in [3.05, 3.63) is 23.9 Å². The third-order valence-corrected chi connectivity index (χ3v) is 4.90. The summed E-state index contributed by atoms with van der Waals surface area (Å²) < 4.78 is 10.5. The fraction of sp³-hybridized carbons (Fsp3) is 0.684. The number of nitrogens with one attached hydrogen (secondary N) is 2. The van der Waals surface area contributed by atoms with E-state index in [1.807, 2.05) is 12.1 Å². The van der Waals surface area contributed by atoms with E-state index < -0.39 is 0 Å². The lowest BCUT2D eigenvalue weighted by Crippen LogP contribution is -2.43. The number of pyridine rings is 1. The van der Waals surface area contributed by atoms with Gasteiger partial charge < -0.3 is 20.1 Å². The SMILES string of the molecule is CCNC(=NCc1ccnc(OC)c1)NCC1(CCOC)CCCC1. The number of hydrogen-bond donors (Lipinski definition) is 2. The van der Waals surface area contributed by atoms with Gasteiger partial charge in [0.25, 0.3) is 0 Å². The highest BCUT2D eigenvalue weighted by Gasteiger charge is 2.33. The molecule has 0 bridgehead atoms. The zero-order chi connectivity index (χ0) is 18.0. The van der Waals surface area contributed by atoms with Gasteiger partial charge in [-0.2, -0.15) is 0 Å². The van der Waals surface area contributed by atoms with E-state index in [1.165, 1.54) is 25.7 Å². The smallest absolute Gasteiger partial charge is 0.213 e. The molecule has 1 saturated carbocycles. The Hall–Kier alpha value is -1.82. The van der Waals surface area contributed by atoms with Gasteiger partial charge in [0.05, 0.1) is 13.7 Å². The number of rotatable bonds is 9. The van der Waals surface area contributed by atoms with E-state index in [2.05, 4.69) is 22.5 Å². The Labute approximate surface area is 151 Å². The predicted molar refractivity (Wildman–Crippen MR) is 101 cm³/mol. The minimum absolute atomic E-state index is 0.339. The minimum Gasteiger partial charge on any atom is -0.481 e. The van der Waals surface area contributed by atoms with E-state index in [4.69, 9.17) is 14.5 Å². The normalized spacial score (nSPS) is 16.7. The van der Waals surface area contributed by atoms with Crippen molar-refractivity contribution in [2.24, 2.45) is 10.4 Å². The van der Waals surface area contributed by atoms with E-state index in [0.717, 1.165) is 37.6 Å². The molecule has 25 heavy (non-hydrogen) atoms. The zero-order valence-electron chi connectivity index (χ0n) is 15.8. The highest BCUT2D eigenvalue weighted by Crippen LogP contribution is 2.40. The molecule has 1 aliphatic carbocycles. The molecule has 0 unspecified atom stereocenters. The second-order valence-corrected chi connectivity index (χ2v) is 6.71. The molecule has 0 aromatic carbocycles. The van der Waals surface area contributed by atoms with Crippen LogP contribution in [0.4, 0.5) is 0 Å². The van der Waals surface area contributed by atoms with Gasteiger partial charge in [0.1, 0.15) is 0 Å². The van der Waals surface area contributed by atoms with Crippen molar-refractivity contribution in [3.63, 3.8) is 0 Å². The summed E-state index contributed by atoms with van der Waals surface area (Å²) in [6.07, 6.45) is 8.03. The number of aromatic nitrogens is 1.